The number of furan rings is 2. The summed E-state index contributed by atoms with van der Waals surface area (Å²) in [6, 6.07) is 79.2. The third kappa shape index (κ3) is 5.60. The summed E-state index contributed by atoms with van der Waals surface area (Å²) < 4.78 is 15.5. The van der Waals surface area contributed by atoms with Crippen molar-refractivity contribution in [3.05, 3.63) is 230 Å². The number of hydrogen-bond donors (Lipinski definition) is 0. The molecule has 13 aromatic rings. The molecule has 14 rings (SSSR count). The van der Waals surface area contributed by atoms with E-state index in [9.17, 15) is 0 Å². The molecule has 0 N–H and O–H groups in total. The molecule has 0 saturated carbocycles. The number of rotatable bonds is 6. The smallest absolute Gasteiger partial charge is 0.137 e. The van der Waals surface area contributed by atoms with E-state index in [0.29, 0.717) is 0 Å². The zero-order valence-corrected chi connectivity index (χ0v) is 37.0. The highest BCUT2D eigenvalue weighted by atomic mass is 16.3. The van der Waals surface area contributed by atoms with Crippen LogP contribution < -0.4 is 4.90 Å². The second-order valence-electron chi connectivity index (χ2n) is 18.5. The van der Waals surface area contributed by atoms with Crippen molar-refractivity contribution in [3.63, 3.8) is 0 Å². The van der Waals surface area contributed by atoms with E-state index in [1.54, 1.807) is 0 Å². The number of benzene rings is 10. The quantitative estimate of drug-likeness (QED) is 0.167. The maximum Gasteiger partial charge on any atom is 0.137 e. The summed E-state index contributed by atoms with van der Waals surface area (Å²) in [5.74, 6) is 0. The van der Waals surface area contributed by atoms with Gasteiger partial charge in [-0.25, -0.2) is 0 Å². The molecular weight excluding hydrogens is 817 g/mol. The van der Waals surface area contributed by atoms with Crippen molar-refractivity contribution in [1.82, 2.24) is 4.57 Å². The standard InChI is InChI=1S/C63H42N2O2/c1-63(2)53-23-12-9-20-45(53)46-31-28-43(37-54(46)63)65-56-38-44(29-32-47(56)52-35-41(39-16-5-3-6-17-39)34-50(62(52)65)40-18-7-4-8-19-40)64(42-30-33-59-51(36-42)48-21-10-13-25-57(48)66-59)55-24-15-27-60-61(55)49-22-11-14-26-58(49)67-60/h3-38H,1-2H3. The van der Waals surface area contributed by atoms with Gasteiger partial charge >= 0.3 is 0 Å². The average molecular weight is 859 g/mol. The second kappa shape index (κ2) is 14.2. The van der Waals surface area contributed by atoms with E-state index < -0.39 is 0 Å². The molecule has 4 heteroatoms. The number of para-hydroxylation sites is 2. The summed E-state index contributed by atoms with van der Waals surface area (Å²) in [5, 5.41) is 6.68. The van der Waals surface area contributed by atoms with Gasteiger partial charge in [0.05, 0.1) is 22.1 Å². The Bertz CT molecular complexity index is 4130. The van der Waals surface area contributed by atoms with Crippen molar-refractivity contribution in [2.75, 3.05) is 4.90 Å². The largest absolute Gasteiger partial charge is 0.456 e. The Morgan fingerprint density at radius 2 is 1.03 bits per heavy atom. The maximum atomic E-state index is 6.55. The van der Waals surface area contributed by atoms with Crippen LogP contribution in [0.4, 0.5) is 17.1 Å². The molecule has 0 fully saturated rings. The van der Waals surface area contributed by atoms with Gasteiger partial charge in [0.2, 0.25) is 0 Å². The first-order valence-electron chi connectivity index (χ1n) is 23.1. The average Bonchev–Trinajstić information content (AvgIpc) is 4.11. The summed E-state index contributed by atoms with van der Waals surface area (Å²) in [5.41, 5.74) is 19.8. The SMILES string of the molecule is CC1(C)c2ccccc2-c2ccc(-n3c4cc(N(c5ccc6oc7ccccc7c6c5)c5cccc6oc7ccccc7c56)ccc4c4cc(-c5ccccc5)cc(-c5ccccc5)c43)cc21. The van der Waals surface area contributed by atoms with Crippen molar-refractivity contribution in [1.29, 1.82) is 0 Å². The van der Waals surface area contributed by atoms with Gasteiger partial charge in [0.15, 0.2) is 0 Å². The van der Waals surface area contributed by atoms with Crippen LogP contribution in [-0.4, -0.2) is 4.57 Å². The monoisotopic (exact) mass is 858 g/mol. The summed E-state index contributed by atoms with van der Waals surface area (Å²) >= 11 is 0. The van der Waals surface area contributed by atoms with E-state index in [1.807, 2.05) is 18.2 Å². The minimum Gasteiger partial charge on any atom is -0.456 e. The van der Waals surface area contributed by atoms with Gasteiger partial charge in [0, 0.05) is 55.0 Å². The van der Waals surface area contributed by atoms with Gasteiger partial charge < -0.3 is 18.3 Å². The minimum atomic E-state index is -0.173. The van der Waals surface area contributed by atoms with E-state index in [4.69, 9.17) is 8.83 Å². The number of fused-ring (bicyclic) bond motifs is 12. The van der Waals surface area contributed by atoms with Crippen LogP contribution in [0, 0.1) is 0 Å². The molecular formula is C63H42N2O2. The predicted octanol–water partition coefficient (Wildman–Crippen LogP) is 17.7. The Kier molecular flexibility index (Phi) is 8.00. The van der Waals surface area contributed by atoms with Gasteiger partial charge in [-0.2, -0.15) is 0 Å². The highest BCUT2D eigenvalue weighted by molar-refractivity contribution is 6.18. The lowest BCUT2D eigenvalue weighted by Gasteiger charge is -2.27. The first-order valence-corrected chi connectivity index (χ1v) is 23.1. The first-order chi connectivity index (χ1) is 33.0. The molecule has 0 saturated heterocycles. The van der Waals surface area contributed by atoms with Crippen LogP contribution in [0.5, 0.6) is 0 Å². The van der Waals surface area contributed by atoms with Gasteiger partial charge in [-0.3, -0.25) is 0 Å². The third-order valence-electron chi connectivity index (χ3n) is 14.4. The third-order valence-corrected chi connectivity index (χ3v) is 14.4. The van der Waals surface area contributed by atoms with E-state index in [0.717, 1.165) is 72.1 Å². The Labute approximate surface area is 387 Å². The first kappa shape index (κ1) is 37.7. The zero-order valence-electron chi connectivity index (χ0n) is 37.0. The Morgan fingerprint density at radius 3 is 1.87 bits per heavy atom. The molecule has 0 unspecified atom stereocenters. The molecule has 1 aliphatic rings. The molecule has 67 heavy (non-hydrogen) atoms. The number of hydrogen-bond acceptors (Lipinski definition) is 3. The number of nitrogens with zero attached hydrogens (tertiary/aromatic N) is 2. The summed E-state index contributed by atoms with van der Waals surface area (Å²) in [6.45, 7) is 4.73. The van der Waals surface area contributed by atoms with E-state index in [1.165, 1.54) is 60.8 Å². The lowest BCUT2D eigenvalue weighted by molar-refractivity contribution is 0.660. The number of anilines is 3. The molecule has 1 aliphatic carbocycles. The molecule has 0 amide bonds. The predicted molar refractivity (Wildman–Crippen MR) is 278 cm³/mol. The molecule has 3 heterocycles. The van der Waals surface area contributed by atoms with E-state index in [2.05, 4.69) is 224 Å². The van der Waals surface area contributed by atoms with Crippen molar-refractivity contribution in [3.8, 4) is 39.1 Å². The van der Waals surface area contributed by atoms with Crippen LogP contribution in [0.25, 0.3) is 105 Å². The molecule has 10 aromatic carbocycles. The van der Waals surface area contributed by atoms with E-state index in [-0.39, 0.29) is 5.41 Å². The molecule has 0 bridgehead atoms. The fourth-order valence-electron chi connectivity index (χ4n) is 11.2. The Balaban J connectivity index is 1.10. The van der Waals surface area contributed by atoms with Gasteiger partial charge in [0.25, 0.3) is 0 Å². The van der Waals surface area contributed by atoms with Gasteiger partial charge in [-0.05, 0) is 118 Å². The molecule has 0 spiro atoms. The maximum absolute atomic E-state index is 6.55. The van der Waals surface area contributed by atoms with Gasteiger partial charge in [-0.15, -0.1) is 0 Å². The topological polar surface area (TPSA) is 34.5 Å². The zero-order chi connectivity index (χ0) is 44.4. The van der Waals surface area contributed by atoms with Crippen LogP contribution in [0.1, 0.15) is 25.0 Å². The van der Waals surface area contributed by atoms with Crippen LogP contribution >= 0.6 is 0 Å². The Hall–Kier alpha value is -8.60. The minimum absolute atomic E-state index is 0.173. The lowest BCUT2D eigenvalue weighted by atomic mass is 9.82. The van der Waals surface area contributed by atoms with Crippen molar-refractivity contribution in [2.45, 2.75) is 19.3 Å². The van der Waals surface area contributed by atoms with Crippen molar-refractivity contribution >= 4 is 82.7 Å². The molecule has 4 nitrogen and oxygen atoms in total. The van der Waals surface area contributed by atoms with Crippen molar-refractivity contribution in [2.24, 2.45) is 0 Å². The van der Waals surface area contributed by atoms with Crippen LogP contribution in [0.2, 0.25) is 0 Å². The van der Waals surface area contributed by atoms with Gasteiger partial charge in [-0.1, -0.05) is 153 Å². The van der Waals surface area contributed by atoms with Gasteiger partial charge in [0.1, 0.15) is 22.3 Å². The van der Waals surface area contributed by atoms with Crippen LogP contribution in [0.3, 0.4) is 0 Å². The lowest BCUT2D eigenvalue weighted by Crippen LogP contribution is -2.15. The fraction of sp³-hybridized carbons (Fsp3) is 0.0476. The Morgan fingerprint density at radius 1 is 0.388 bits per heavy atom. The molecule has 3 aromatic heterocycles. The molecule has 0 radical (unpaired) electrons. The fourth-order valence-corrected chi connectivity index (χ4v) is 11.2. The summed E-state index contributed by atoms with van der Waals surface area (Å²) in [7, 11) is 0. The summed E-state index contributed by atoms with van der Waals surface area (Å²) in [4.78, 5) is 2.41. The second-order valence-corrected chi connectivity index (χ2v) is 18.5. The highest BCUT2D eigenvalue weighted by Gasteiger charge is 2.36. The number of aromatic nitrogens is 1. The highest BCUT2D eigenvalue weighted by Crippen LogP contribution is 2.51. The molecule has 0 atom stereocenters. The molecule has 316 valence electrons. The van der Waals surface area contributed by atoms with E-state index >= 15 is 0 Å². The normalized spacial score (nSPS) is 13.0. The summed E-state index contributed by atoms with van der Waals surface area (Å²) in [6.07, 6.45) is 0. The van der Waals surface area contributed by atoms with Crippen LogP contribution in [-0.2, 0) is 5.41 Å². The van der Waals surface area contributed by atoms with Crippen molar-refractivity contribution < 1.29 is 8.83 Å². The molecule has 0 aliphatic heterocycles. The van der Waals surface area contributed by atoms with Crippen LogP contribution in [0.15, 0.2) is 227 Å².